The van der Waals surface area contributed by atoms with E-state index in [2.05, 4.69) is 79.6 Å². The second kappa shape index (κ2) is 19.5. The Labute approximate surface area is 413 Å². The summed E-state index contributed by atoms with van der Waals surface area (Å²) in [6, 6.07) is 35.8. The third-order valence-corrected chi connectivity index (χ3v) is 12.6. The van der Waals surface area contributed by atoms with Crippen LogP contribution in [0.15, 0.2) is 156 Å². The lowest BCUT2D eigenvalue weighted by Crippen LogP contribution is -2.47. The zero-order valence-corrected chi connectivity index (χ0v) is 41.3. The maximum absolute atomic E-state index is 13.7. The molecule has 330 valence electrons. The zero-order valence-electron chi connectivity index (χ0n) is 33.3. The van der Waals surface area contributed by atoms with Crippen molar-refractivity contribution in [2.24, 2.45) is 0 Å². The minimum Gasteiger partial charge on any atom is -0.486 e. The average molecular weight is 1200 g/mol. The van der Waals surface area contributed by atoms with E-state index in [9.17, 15) is 29.1 Å². The van der Waals surface area contributed by atoms with Crippen LogP contribution in [0.3, 0.4) is 0 Å². The van der Waals surface area contributed by atoms with Gasteiger partial charge >= 0.3 is 23.9 Å². The molecule has 6 aromatic rings. The second-order valence-electron chi connectivity index (χ2n) is 14.0. The molecule has 0 spiro atoms. The van der Waals surface area contributed by atoms with Gasteiger partial charge in [0.25, 0.3) is 11.6 Å². The normalized spacial score (nSPS) is 17.4. The lowest BCUT2D eigenvalue weighted by molar-refractivity contribution is -0.133. The molecule has 2 saturated heterocycles. The number of anilines is 4. The van der Waals surface area contributed by atoms with Crippen molar-refractivity contribution in [1.29, 1.82) is 0 Å². The molecule has 7 amide bonds. The fraction of sp³-hybridized carbons (Fsp3) is 0.109. The van der Waals surface area contributed by atoms with E-state index in [-0.39, 0.29) is 5.56 Å². The minimum absolute atomic E-state index is 0.197. The van der Waals surface area contributed by atoms with Crippen molar-refractivity contribution in [1.82, 2.24) is 0 Å². The summed E-state index contributed by atoms with van der Waals surface area (Å²) in [5, 5.41) is 11.9. The molecule has 0 radical (unpaired) electrons. The molecule has 0 aromatic heterocycles. The van der Waals surface area contributed by atoms with Crippen molar-refractivity contribution < 1.29 is 48.0 Å². The first-order chi connectivity index (χ1) is 31.2. The molecule has 1 unspecified atom stereocenters. The summed E-state index contributed by atoms with van der Waals surface area (Å²) in [6.07, 6.45) is 0. The standard InChI is InChI=1S/C23H16Br2N2O5.C15H8Br2N2O3.C8H7BrO2/c24-15-2-6-17(7-3-15)26-21(28)23(30,14-1-10-19-20(13-14)32-12-11-31-19)27(22(26)29)18-8-4-16(25)5-9-18;16-9-1-5-11(6-2-9)18-13(20)14(21)19(15(18)22)12-7-3-10(17)4-8-12;9-6-1-2-7-8(5-6)11-4-3-10-7/h1-10,13,30H,11-12H2;1-8H;1-2,5H,3-4H2. The molecule has 65 heavy (non-hydrogen) atoms. The summed E-state index contributed by atoms with van der Waals surface area (Å²) < 4.78 is 26.1. The van der Waals surface area contributed by atoms with E-state index in [1.807, 2.05) is 18.2 Å². The summed E-state index contributed by atoms with van der Waals surface area (Å²) in [6.45, 7) is 2.05. The van der Waals surface area contributed by atoms with Gasteiger partial charge in [0, 0.05) is 33.6 Å². The number of benzene rings is 6. The van der Waals surface area contributed by atoms with Gasteiger partial charge < -0.3 is 24.1 Å². The number of imide groups is 3. The fourth-order valence-electron chi connectivity index (χ4n) is 6.91. The highest BCUT2D eigenvalue weighted by molar-refractivity contribution is 9.11. The summed E-state index contributed by atoms with van der Waals surface area (Å²) in [7, 11) is 0. The van der Waals surface area contributed by atoms with Crippen molar-refractivity contribution in [3.05, 3.63) is 161 Å². The predicted molar refractivity (Wildman–Crippen MR) is 259 cm³/mol. The Morgan fingerprint density at radius 2 is 0.754 bits per heavy atom. The topological polar surface area (TPSA) is 155 Å². The molecule has 6 aromatic carbocycles. The molecule has 0 saturated carbocycles. The first-order valence-corrected chi connectivity index (χ1v) is 23.3. The Bertz CT molecular complexity index is 2750. The summed E-state index contributed by atoms with van der Waals surface area (Å²) in [5.41, 5.74) is -0.671. The SMILES string of the molecule is Brc1ccc2c(c1)OCCO2.O=C1C(=O)N(c2ccc(Br)cc2)C(=O)N1c1ccc(Br)cc1.O=C1N(c2ccc(Br)cc2)C(=O)C(O)(c2ccc3c(c2)OCCO3)N1c1ccc(Br)cc1. The molecule has 4 heterocycles. The summed E-state index contributed by atoms with van der Waals surface area (Å²) in [4.78, 5) is 67.8. The third kappa shape index (κ3) is 9.43. The highest BCUT2D eigenvalue weighted by atomic mass is 79.9. The maximum Gasteiger partial charge on any atom is 0.343 e. The number of rotatable bonds is 5. The van der Waals surface area contributed by atoms with E-state index in [0.717, 1.165) is 53.5 Å². The number of carbonyl (C=O) groups excluding carboxylic acids is 5. The van der Waals surface area contributed by atoms with Gasteiger partial charge in [0.15, 0.2) is 23.0 Å². The number of nitrogens with zero attached hydrogens (tertiary/aromatic N) is 4. The fourth-order valence-corrected chi connectivity index (χ4v) is 8.31. The van der Waals surface area contributed by atoms with Gasteiger partial charge in [-0.15, -0.1) is 0 Å². The zero-order chi connectivity index (χ0) is 46.0. The molecule has 2 fully saturated rings. The van der Waals surface area contributed by atoms with E-state index < -0.39 is 35.5 Å². The molecule has 0 bridgehead atoms. The number of hydrogen-bond acceptors (Lipinski definition) is 10. The monoisotopic (exact) mass is 1190 g/mol. The number of halogens is 5. The molecule has 10 rings (SSSR count). The van der Waals surface area contributed by atoms with Crippen molar-refractivity contribution in [3.8, 4) is 23.0 Å². The number of hydrogen-bond donors (Lipinski definition) is 1. The van der Waals surface area contributed by atoms with Crippen LogP contribution < -0.4 is 38.5 Å². The number of aliphatic hydroxyl groups is 1. The number of amides is 7. The summed E-state index contributed by atoms with van der Waals surface area (Å²) >= 11 is 16.6. The van der Waals surface area contributed by atoms with Crippen LogP contribution in [0.4, 0.5) is 32.3 Å². The molecule has 4 aliphatic heterocycles. The van der Waals surface area contributed by atoms with Gasteiger partial charge in [-0.25, -0.2) is 24.3 Å². The second-order valence-corrected chi connectivity index (χ2v) is 18.6. The van der Waals surface area contributed by atoms with Gasteiger partial charge in [-0.2, -0.15) is 0 Å². The predicted octanol–water partition coefficient (Wildman–Crippen LogP) is 10.7. The van der Waals surface area contributed by atoms with E-state index in [0.29, 0.717) is 60.7 Å². The molecule has 1 N–H and O–H groups in total. The lowest BCUT2D eigenvalue weighted by atomic mass is 9.99. The van der Waals surface area contributed by atoms with Gasteiger partial charge in [0.2, 0.25) is 0 Å². The van der Waals surface area contributed by atoms with Crippen LogP contribution >= 0.6 is 79.6 Å². The van der Waals surface area contributed by atoms with E-state index >= 15 is 0 Å². The Balaban J connectivity index is 0.000000150. The molecule has 0 aliphatic carbocycles. The third-order valence-electron chi connectivity index (χ3n) is 9.97. The van der Waals surface area contributed by atoms with Gasteiger partial charge in [0.1, 0.15) is 26.4 Å². The van der Waals surface area contributed by atoms with E-state index in [4.69, 9.17) is 18.9 Å². The first kappa shape index (κ1) is 46.0. The number of ether oxygens (including phenoxy) is 4. The van der Waals surface area contributed by atoms with Crippen LogP contribution in [0.5, 0.6) is 23.0 Å². The van der Waals surface area contributed by atoms with Gasteiger partial charge in [-0.1, -0.05) is 79.6 Å². The Morgan fingerprint density at radius 1 is 0.400 bits per heavy atom. The van der Waals surface area contributed by atoms with Crippen LogP contribution in [0.25, 0.3) is 0 Å². The largest absolute Gasteiger partial charge is 0.486 e. The quantitative estimate of drug-likeness (QED) is 0.130. The minimum atomic E-state index is -2.28. The smallest absolute Gasteiger partial charge is 0.343 e. The van der Waals surface area contributed by atoms with Crippen molar-refractivity contribution in [2.75, 3.05) is 46.0 Å². The summed E-state index contributed by atoms with van der Waals surface area (Å²) in [5.74, 6) is 0.0561. The Morgan fingerprint density at radius 3 is 1.20 bits per heavy atom. The highest BCUT2D eigenvalue weighted by Gasteiger charge is 2.59. The van der Waals surface area contributed by atoms with Crippen LogP contribution in [-0.2, 0) is 20.1 Å². The van der Waals surface area contributed by atoms with Crippen molar-refractivity contribution in [2.45, 2.75) is 5.72 Å². The molecular formula is C46H31Br5N4O10. The van der Waals surface area contributed by atoms with Crippen molar-refractivity contribution in [3.63, 3.8) is 0 Å². The molecule has 19 heteroatoms. The van der Waals surface area contributed by atoms with Crippen LogP contribution in [-0.4, -0.2) is 61.3 Å². The molecule has 1 atom stereocenters. The van der Waals surface area contributed by atoms with Gasteiger partial charge in [0.05, 0.1) is 17.1 Å². The van der Waals surface area contributed by atoms with Crippen LogP contribution in [0.1, 0.15) is 5.56 Å². The maximum atomic E-state index is 13.7. The Kier molecular flexibility index (Phi) is 13.8. The van der Waals surface area contributed by atoms with E-state index in [1.54, 1.807) is 109 Å². The highest BCUT2D eigenvalue weighted by Crippen LogP contribution is 2.44. The Hall–Kier alpha value is -5.57. The van der Waals surface area contributed by atoms with E-state index in [1.165, 1.54) is 6.07 Å². The number of fused-ring (bicyclic) bond motifs is 2. The average Bonchev–Trinajstić information content (AvgIpc) is 3.66. The molecule has 14 nitrogen and oxygen atoms in total. The molecule has 4 aliphatic rings. The van der Waals surface area contributed by atoms with Gasteiger partial charge in [-0.05, 0) is 133 Å². The van der Waals surface area contributed by atoms with Crippen molar-refractivity contribution >= 4 is 132 Å². The first-order valence-electron chi connectivity index (χ1n) is 19.4. The van der Waals surface area contributed by atoms with Gasteiger partial charge in [-0.3, -0.25) is 19.3 Å². The number of urea groups is 2. The van der Waals surface area contributed by atoms with Crippen LogP contribution in [0, 0.1) is 0 Å². The lowest BCUT2D eigenvalue weighted by Gasteiger charge is -2.31. The molecular weight excluding hydrogens is 1170 g/mol. The van der Waals surface area contributed by atoms with Crippen LogP contribution in [0.2, 0.25) is 0 Å². The number of carbonyl (C=O) groups is 5.